The maximum atomic E-state index is 12.5. The standard InChI is InChI=1S/C20H15ClO4S/c1-24-14-9-18(25-2)16-11-15(20(23)26-19(16)10-14)17(22)8-5-12-3-6-13(21)7-4-12/h3-11H,1-2H3. The zero-order valence-electron chi connectivity index (χ0n) is 14.1. The summed E-state index contributed by atoms with van der Waals surface area (Å²) in [6.45, 7) is 0. The summed E-state index contributed by atoms with van der Waals surface area (Å²) in [5, 5.41) is 1.32. The predicted molar refractivity (Wildman–Crippen MR) is 106 cm³/mol. The van der Waals surface area contributed by atoms with Crippen molar-refractivity contribution >= 4 is 44.9 Å². The lowest BCUT2D eigenvalue weighted by molar-refractivity contribution is 0.104. The van der Waals surface area contributed by atoms with E-state index >= 15 is 0 Å². The van der Waals surface area contributed by atoms with Gasteiger partial charge in [0.2, 0.25) is 4.74 Å². The fourth-order valence-electron chi connectivity index (χ4n) is 2.46. The van der Waals surface area contributed by atoms with Crippen molar-refractivity contribution in [2.75, 3.05) is 14.2 Å². The van der Waals surface area contributed by atoms with E-state index < -0.39 is 0 Å². The molecule has 2 aromatic carbocycles. The van der Waals surface area contributed by atoms with Crippen molar-refractivity contribution in [1.29, 1.82) is 0 Å². The molecule has 0 saturated carbocycles. The van der Waals surface area contributed by atoms with E-state index in [1.54, 1.807) is 55.7 Å². The first-order valence-corrected chi connectivity index (χ1v) is 8.89. The molecular weight excluding hydrogens is 372 g/mol. The normalized spacial score (nSPS) is 11.0. The fraction of sp³-hybridized carbons (Fsp3) is 0.100. The van der Waals surface area contributed by atoms with Gasteiger partial charge in [0.25, 0.3) is 0 Å². The Morgan fingerprint density at radius 1 is 1.08 bits per heavy atom. The van der Waals surface area contributed by atoms with E-state index in [1.807, 2.05) is 0 Å². The Morgan fingerprint density at radius 2 is 1.81 bits per heavy atom. The number of methoxy groups -OCH3 is 2. The molecule has 1 heterocycles. The Labute approximate surface area is 159 Å². The van der Waals surface area contributed by atoms with Crippen molar-refractivity contribution in [3.8, 4) is 11.5 Å². The van der Waals surface area contributed by atoms with Crippen LogP contribution in [0.2, 0.25) is 5.02 Å². The summed E-state index contributed by atoms with van der Waals surface area (Å²) in [6, 6.07) is 12.1. The molecule has 0 bridgehead atoms. The van der Waals surface area contributed by atoms with Gasteiger partial charge in [-0.05, 0) is 35.9 Å². The van der Waals surface area contributed by atoms with Crippen molar-refractivity contribution < 1.29 is 14.3 Å². The zero-order chi connectivity index (χ0) is 18.7. The van der Waals surface area contributed by atoms with Crippen LogP contribution in [-0.2, 0) is 0 Å². The highest BCUT2D eigenvalue weighted by molar-refractivity contribution is 7.16. The average molecular weight is 387 g/mol. The number of hydrogen-bond acceptors (Lipinski definition) is 5. The lowest BCUT2D eigenvalue weighted by atomic mass is 10.1. The highest BCUT2D eigenvalue weighted by Gasteiger charge is 2.13. The van der Waals surface area contributed by atoms with E-state index in [1.165, 1.54) is 13.2 Å². The van der Waals surface area contributed by atoms with Crippen LogP contribution in [0.15, 0.2) is 53.3 Å². The quantitative estimate of drug-likeness (QED) is 0.465. The maximum absolute atomic E-state index is 12.5. The number of halogens is 1. The molecule has 6 heteroatoms. The van der Waals surface area contributed by atoms with Crippen LogP contribution in [-0.4, -0.2) is 20.0 Å². The van der Waals surface area contributed by atoms with E-state index in [-0.39, 0.29) is 16.1 Å². The van der Waals surface area contributed by atoms with Crippen LogP contribution >= 0.6 is 22.9 Å². The molecular formula is C20H15ClO4S. The molecule has 1 aromatic heterocycles. The van der Waals surface area contributed by atoms with E-state index in [2.05, 4.69) is 0 Å². The summed E-state index contributed by atoms with van der Waals surface area (Å²) in [5.74, 6) is 0.777. The summed E-state index contributed by atoms with van der Waals surface area (Å²) in [7, 11) is 3.08. The second-order valence-electron chi connectivity index (χ2n) is 5.44. The number of ether oxygens (including phenoxy) is 2. The highest BCUT2D eigenvalue weighted by Crippen LogP contribution is 2.32. The Kier molecular flexibility index (Phi) is 5.40. The number of allylic oxidation sites excluding steroid dienone is 1. The van der Waals surface area contributed by atoms with Gasteiger partial charge in [-0.1, -0.05) is 41.1 Å². The molecule has 4 nitrogen and oxygen atoms in total. The molecule has 0 saturated heterocycles. The lowest BCUT2D eigenvalue weighted by Gasteiger charge is -2.08. The van der Waals surface area contributed by atoms with Crippen LogP contribution < -0.4 is 14.2 Å². The molecule has 0 N–H and O–H groups in total. The van der Waals surface area contributed by atoms with E-state index in [0.717, 1.165) is 16.9 Å². The summed E-state index contributed by atoms with van der Waals surface area (Å²) in [5.41, 5.74) is 0.929. The summed E-state index contributed by atoms with van der Waals surface area (Å²) >= 11 is 6.84. The van der Waals surface area contributed by atoms with Gasteiger partial charge in [-0.15, -0.1) is 0 Å². The second kappa shape index (κ2) is 7.72. The van der Waals surface area contributed by atoms with E-state index in [0.29, 0.717) is 26.6 Å². The van der Waals surface area contributed by atoms with Gasteiger partial charge in [0.05, 0.1) is 19.8 Å². The number of fused-ring (bicyclic) bond motifs is 1. The van der Waals surface area contributed by atoms with Crippen molar-refractivity contribution in [3.05, 3.63) is 74.2 Å². The Bertz CT molecular complexity index is 1050. The third-order valence-corrected chi connectivity index (χ3v) is 5.02. The first kappa shape index (κ1) is 18.2. The number of carbonyl (C=O) groups excluding carboxylic acids is 1. The van der Waals surface area contributed by atoms with Gasteiger partial charge < -0.3 is 9.47 Å². The maximum Gasteiger partial charge on any atom is 0.244 e. The van der Waals surface area contributed by atoms with E-state index in [4.69, 9.17) is 21.1 Å². The number of carbonyl (C=O) groups is 1. The van der Waals surface area contributed by atoms with Gasteiger partial charge in [-0.25, -0.2) is 0 Å². The van der Waals surface area contributed by atoms with Crippen LogP contribution in [0.5, 0.6) is 11.5 Å². The number of hydrogen-bond donors (Lipinski definition) is 0. The molecule has 132 valence electrons. The zero-order valence-corrected chi connectivity index (χ0v) is 15.7. The fourth-order valence-corrected chi connectivity index (χ4v) is 3.50. The van der Waals surface area contributed by atoms with Crippen LogP contribution in [0.25, 0.3) is 16.2 Å². The molecule has 0 aliphatic heterocycles. The highest BCUT2D eigenvalue weighted by atomic mass is 35.5. The molecule has 0 spiro atoms. The minimum absolute atomic E-state index is 0.108. The Morgan fingerprint density at radius 3 is 2.46 bits per heavy atom. The van der Waals surface area contributed by atoms with Crippen molar-refractivity contribution in [2.45, 2.75) is 0 Å². The molecule has 0 atom stereocenters. The molecule has 0 amide bonds. The predicted octanol–water partition coefficient (Wildman–Crippen LogP) is 4.83. The minimum Gasteiger partial charge on any atom is -0.497 e. The van der Waals surface area contributed by atoms with Crippen LogP contribution in [0.4, 0.5) is 0 Å². The molecule has 26 heavy (non-hydrogen) atoms. The molecule has 0 aliphatic carbocycles. The van der Waals surface area contributed by atoms with E-state index in [9.17, 15) is 9.59 Å². The van der Waals surface area contributed by atoms with Gasteiger partial charge in [0, 0.05) is 21.2 Å². The summed E-state index contributed by atoms with van der Waals surface area (Å²) in [6.07, 6.45) is 3.03. The Hall–Kier alpha value is -2.63. The first-order chi connectivity index (χ1) is 12.5. The summed E-state index contributed by atoms with van der Waals surface area (Å²) in [4.78, 5) is 24.9. The monoisotopic (exact) mass is 386 g/mol. The molecule has 0 aliphatic rings. The third kappa shape index (κ3) is 3.79. The van der Waals surface area contributed by atoms with Crippen LogP contribution in [0.1, 0.15) is 15.9 Å². The number of ketones is 1. The van der Waals surface area contributed by atoms with Crippen molar-refractivity contribution in [2.24, 2.45) is 0 Å². The molecule has 0 unspecified atom stereocenters. The topological polar surface area (TPSA) is 52.6 Å². The SMILES string of the molecule is COc1cc(OC)c2cc(C(=O)C=Cc3ccc(Cl)cc3)c(=O)sc2c1. The van der Waals surface area contributed by atoms with Gasteiger partial charge in [-0.2, -0.15) is 0 Å². The smallest absolute Gasteiger partial charge is 0.244 e. The Balaban J connectivity index is 2.01. The molecule has 0 radical (unpaired) electrons. The van der Waals surface area contributed by atoms with Gasteiger partial charge >= 0.3 is 0 Å². The van der Waals surface area contributed by atoms with Crippen molar-refractivity contribution in [3.63, 3.8) is 0 Å². The van der Waals surface area contributed by atoms with Gasteiger partial charge in [0.15, 0.2) is 5.78 Å². The number of benzene rings is 2. The molecule has 3 rings (SSSR count). The minimum atomic E-state index is -0.360. The largest absolute Gasteiger partial charge is 0.497 e. The molecule has 0 fully saturated rings. The second-order valence-corrected chi connectivity index (χ2v) is 6.89. The van der Waals surface area contributed by atoms with Crippen LogP contribution in [0.3, 0.4) is 0 Å². The van der Waals surface area contributed by atoms with Gasteiger partial charge in [-0.3, -0.25) is 9.59 Å². The summed E-state index contributed by atoms with van der Waals surface area (Å²) < 4.78 is 11.0. The van der Waals surface area contributed by atoms with Crippen molar-refractivity contribution in [1.82, 2.24) is 0 Å². The number of rotatable bonds is 5. The van der Waals surface area contributed by atoms with Gasteiger partial charge in [0.1, 0.15) is 11.5 Å². The average Bonchev–Trinajstić information content (AvgIpc) is 2.65. The third-order valence-electron chi connectivity index (χ3n) is 3.81. The first-order valence-electron chi connectivity index (χ1n) is 7.69. The lowest BCUT2D eigenvalue weighted by Crippen LogP contribution is -2.09. The van der Waals surface area contributed by atoms with Crippen LogP contribution in [0, 0.1) is 0 Å². The molecule has 3 aromatic rings.